The minimum Gasteiger partial charge on any atom is -0.456 e. The zero-order valence-electron chi connectivity index (χ0n) is 12.2. The van der Waals surface area contributed by atoms with Crippen molar-refractivity contribution in [3.8, 4) is 11.5 Å². The second kappa shape index (κ2) is 6.78. The van der Waals surface area contributed by atoms with Gasteiger partial charge in [0.15, 0.2) is 0 Å². The van der Waals surface area contributed by atoms with Gasteiger partial charge in [0.2, 0.25) is 0 Å². The third-order valence-electron chi connectivity index (χ3n) is 3.14. The van der Waals surface area contributed by atoms with Crippen LogP contribution in [-0.2, 0) is 6.54 Å². The Morgan fingerprint density at radius 3 is 2.55 bits per heavy atom. The van der Waals surface area contributed by atoms with Crippen molar-refractivity contribution >= 4 is 11.6 Å². The summed E-state index contributed by atoms with van der Waals surface area (Å²) in [7, 11) is 0. The van der Waals surface area contributed by atoms with Crippen LogP contribution in [0.3, 0.4) is 0 Å². The van der Waals surface area contributed by atoms with Gasteiger partial charge in [-0.2, -0.15) is 0 Å². The Kier molecular flexibility index (Phi) is 5.05. The number of hydrogen-bond acceptors (Lipinski definition) is 2. The topological polar surface area (TPSA) is 21.3 Å². The van der Waals surface area contributed by atoms with Crippen LogP contribution in [0.4, 0.5) is 0 Å². The number of ether oxygens (including phenoxy) is 1. The number of nitrogens with one attached hydrogen (secondary N) is 1. The molecule has 0 spiro atoms. The lowest BCUT2D eigenvalue weighted by atomic mass is 10.1. The molecule has 2 rings (SSSR count). The fourth-order valence-corrected chi connectivity index (χ4v) is 2.21. The molecule has 0 fully saturated rings. The lowest BCUT2D eigenvalue weighted by molar-refractivity contribution is 0.478. The molecule has 0 bridgehead atoms. The van der Waals surface area contributed by atoms with Crippen LogP contribution in [-0.4, -0.2) is 6.54 Å². The first-order valence-corrected chi connectivity index (χ1v) is 7.22. The van der Waals surface area contributed by atoms with Crippen LogP contribution in [0.5, 0.6) is 11.5 Å². The van der Waals surface area contributed by atoms with Crippen molar-refractivity contribution in [3.63, 3.8) is 0 Å². The molecular weight excluding hydrogens is 270 g/mol. The van der Waals surface area contributed by atoms with E-state index in [4.69, 9.17) is 16.3 Å². The molecule has 0 aliphatic rings. The Labute approximate surface area is 125 Å². The van der Waals surface area contributed by atoms with Crippen LogP contribution >= 0.6 is 11.6 Å². The monoisotopic (exact) mass is 289 g/mol. The molecule has 0 heterocycles. The van der Waals surface area contributed by atoms with Gasteiger partial charge in [0.05, 0.1) is 5.02 Å². The molecule has 2 aromatic rings. The molecule has 3 heteroatoms. The summed E-state index contributed by atoms with van der Waals surface area (Å²) < 4.78 is 5.96. The molecule has 0 unspecified atom stereocenters. The van der Waals surface area contributed by atoms with Gasteiger partial charge in [-0.15, -0.1) is 0 Å². The maximum absolute atomic E-state index is 6.22. The number of rotatable bonds is 5. The van der Waals surface area contributed by atoms with Crippen LogP contribution in [0.15, 0.2) is 36.4 Å². The highest BCUT2D eigenvalue weighted by Crippen LogP contribution is 2.32. The summed E-state index contributed by atoms with van der Waals surface area (Å²) >= 11 is 6.22. The maximum atomic E-state index is 6.22. The molecule has 106 valence electrons. The molecule has 0 amide bonds. The van der Waals surface area contributed by atoms with Crippen LogP contribution in [0, 0.1) is 13.8 Å². The minimum atomic E-state index is 0.640. The smallest absolute Gasteiger partial charge is 0.146 e. The van der Waals surface area contributed by atoms with Crippen molar-refractivity contribution in [2.45, 2.75) is 27.3 Å². The fourth-order valence-electron chi connectivity index (χ4n) is 1.94. The molecule has 2 nitrogen and oxygen atoms in total. The SMILES string of the molecule is CCNCc1ccc(C)c(Oc2ccc(C)cc2Cl)c1. The molecule has 0 aromatic heterocycles. The highest BCUT2D eigenvalue weighted by molar-refractivity contribution is 6.32. The zero-order valence-corrected chi connectivity index (χ0v) is 12.9. The molecule has 0 aliphatic heterocycles. The number of hydrogen-bond donors (Lipinski definition) is 1. The van der Waals surface area contributed by atoms with E-state index in [0.717, 1.165) is 30.0 Å². The van der Waals surface area contributed by atoms with Crippen LogP contribution in [0.2, 0.25) is 5.02 Å². The van der Waals surface area contributed by atoms with E-state index in [2.05, 4.69) is 30.4 Å². The Morgan fingerprint density at radius 2 is 1.85 bits per heavy atom. The van der Waals surface area contributed by atoms with E-state index < -0.39 is 0 Å². The largest absolute Gasteiger partial charge is 0.456 e. The standard InChI is InChI=1S/C17H20ClNO/c1-4-19-11-14-7-6-13(3)17(10-14)20-16-8-5-12(2)9-15(16)18/h5-10,19H,4,11H2,1-3H3. The summed E-state index contributed by atoms with van der Waals surface area (Å²) in [6, 6.07) is 12.1. The van der Waals surface area contributed by atoms with Gasteiger partial charge < -0.3 is 10.1 Å². The van der Waals surface area contributed by atoms with Crippen molar-refractivity contribution in [1.29, 1.82) is 0 Å². The Balaban J connectivity index is 2.23. The third kappa shape index (κ3) is 3.75. The average molecular weight is 290 g/mol. The summed E-state index contributed by atoms with van der Waals surface area (Å²) in [6.45, 7) is 7.94. The van der Waals surface area contributed by atoms with E-state index in [9.17, 15) is 0 Å². The van der Waals surface area contributed by atoms with Crippen LogP contribution < -0.4 is 10.1 Å². The highest BCUT2D eigenvalue weighted by atomic mass is 35.5. The quantitative estimate of drug-likeness (QED) is 0.849. The summed E-state index contributed by atoms with van der Waals surface area (Å²) in [4.78, 5) is 0. The van der Waals surface area contributed by atoms with E-state index in [1.807, 2.05) is 32.0 Å². The normalized spacial score (nSPS) is 10.6. The average Bonchev–Trinajstić information content (AvgIpc) is 2.42. The predicted molar refractivity (Wildman–Crippen MR) is 84.8 cm³/mol. The van der Waals surface area contributed by atoms with Crippen LogP contribution in [0.25, 0.3) is 0 Å². The summed E-state index contributed by atoms with van der Waals surface area (Å²) in [6.07, 6.45) is 0. The lowest BCUT2D eigenvalue weighted by Gasteiger charge is -2.12. The van der Waals surface area contributed by atoms with Gasteiger partial charge in [0.1, 0.15) is 11.5 Å². The molecule has 20 heavy (non-hydrogen) atoms. The van der Waals surface area contributed by atoms with E-state index in [0.29, 0.717) is 10.8 Å². The van der Waals surface area contributed by atoms with Crippen molar-refractivity contribution < 1.29 is 4.74 Å². The first-order valence-electron chi connectivity index (χ1n) is 6.84. The predicted octanol–water partition coefficient (Wildman–Crippen LogP) is 4.86. The molecule has 0 saturated carbocycles. The van der Waals surface area contributed by atoms with Gasteiger partial charge in [-0.3, -0.25) is 0 Å². The molecule has 2 aromatic carbocycles. The zero-order chi connectivity index (χ0) is 14.5. The van der Waals surface area contributed by atoms with Gasteiger partial charge in [-0.05, 0) is 55.3 Å². The van der Waals surface area contributed by atoms with Crippen molar-refractivity contribution in [2.75, 3.05) is 6.54 Å². The summed E-state index contributed by atoms with van der Waals surface area (Å²) in [5.74, 6) is 1.55. The Bertz CT molecular complexity index is 596. The van der Waals surface area contributed by atoms with Gasteiger partial charge in [0, 0.05) is 6.54 Å². The third-order valence-corrected chi connectivity index (χ3v) is 3.43. The van der Waals surface area contributed by atoms with Gasteiger partial charge in [-0.1, -0.05) is 36.7 Å². The second-order valence-corrected chi connectivity index (χ2v) is 5.32. The first kappa shape index (κ1) is 14.9. The molecule has 0 atom stereocenters. The maximum Gasteiger partial charge on any atom is 0.146 e. The number of aryl methyl sites for hydroxylation is 2. The van der Waals surface area contributed by atoms with Crippen molar-refractivity contribution in [2.24, 2.45) is 0 Å². The van der Waals surface area contributed by atoms with Crippen LogP contribution in [0.1, 0.15) is 23.6 Å². The van der Waals surface area contributed by atoms with E-state index >= 15 is 0 Å². The first-order chi connectivity index (χ1) is 9.60. The molecular formula is C17H20ClNO. The van der Waals surface area contributed by atoms with Crippen molar-refractivity contribution in [1.82, 2.24) is 5.32 Å². The Hall–Kier alpha value is -1.51. The molecule has 1 N–H and O–H groups in total. The highest BCUT2D eigenvalue weighted by Gasteiger charge is 2.07. The Morgan fingerprint density at radius 1 is 1.05 bits per heavy atom. The molecule has 0 radical (unpaired) electrons. The van der Waals surface area contributed by atoms with Gasteiger partial charge in [-0.25, -0.2) is 0 Å². The number of halogens is 1. The summed E-state index contributed by atoms with van der Waals surface area (Å²) in [5.41, 5.74) is 3.43. The van der Waals surface area contributed by atoms with E-state index in [-0.39, 0.29) is 0 Å². The molecule has 0 aliphatic carbocycles. The second-order valence-electron chi connectivity index (χ2n) is 4.92. The van der Waals surface area contributed by atoms with E-state index in [1.165, 1.54) is 5.56 Å². The lowest BCUT2D eigenvalue weighted by Crippen LogP contribution is -2.11. The van der Waals surface area contributed by atoms with Gasteiger partial charge in [0.25, 0.3) is 0 Å². The van der Waals surface area contributed by atoms with Gasteiger partial charge >= 0.3 is 0 Å². The fraction of sp³-hybridized carbons (Fsp3) is 0.294. The van der Waals surface area contributed by atoms with E-state index in [1.54, 1.807) is 0 Å². The summed E-state index contributed by atoms with van der Waals surface area (Å²) in [5, 5.41) is 3.95. The van der Waals surface area contributed by atoms with Crippen molar-refractivity contribution in [3.05, 3.63) is 58.1 Å². The molecule has 0 saturated heterocycles. The number of benzene rings is 2. The minimum absolute atomic E-state index is 0.640.